The number of likely N-dealkylation sites (tertiary alicyclic amines) is 2. The first-order valence-corrected chi connectivity index (χ1v) is 18.5. The molecule has 0 unspecified atom stereocenters. The zero-order valence-corrected chi connectivity index (χ0v) is 31.4. The molecule has 0 spiro atoms. The first-order valence-electron chi connectivity index (χ1n) is 18.5. The second kappa shape index (κ2) is 14.6. The number of ether oxygens (including phenoxy) is 1. The molecule has 0 aliphatic carbocycles. The molecule has 7 rings (SSSR count). The lowest BCUT2D eigenvalue weighted by Gasteiger charge is -2.32. The monoisotopic (exact) mass is 716 g/mol. The summed E-state index contributed by atoms with van der Waals surface area (Å²) in [4.78, 5) is 55.4. The molecule has 11 nitrogen and oxygen atoms in total. The molecule has 2 fully saturated rings. The molecule has 2 saturated heterocycles. The van der Waals surface area contributed by atoms with Gasteiger partial charge in [0.2, 0.25) is 17.7 Å². The fourth-order valence-electron chi connectivity index (χ4n) is 7.61. The Bertz CT molecular complexity index is 2050. The van der Waals surface area contributed by atoms with Crippen molar-refractivity contribution in [3.05, 3.63) is 89.6 Å². The standard InChI is InChI=1S/C42H48N6O5/c1-26-16-17-30(24-31(26)45-38(49)35-15-11-21-48(35)41(51)53-42(2,3)4)39-43-25-36(52-39)29-19-18-28-22-33(44-32(28)23-29)34-14-10-20-47(34)40(50)37(46(5)6)27-12-8-7-9-13-27/h7-9,12-13,16-19,23-25,34-35,37H,10-11,14-15,20-22H2,1-6H3,(H,45,49)/t34-,35-,37+/m0/s1. The molecule has 11 heteroatoms. The fourth-order valence-corrected chi connectivity index (χ4v) is 7.61. The van der Waals surface area contributed by atoms with Gasteiger partial charge in [-0.25, -0.2) is 9.78 Å². The number of rotatable bonds is 8. The van der Waals surface area contributed by atoms with E-state index in [0.717, 1.165) is 59.5 Å². The first-order chi connectivity index (χ1) is 25.4. The Balaban J connectivity index is 1.06. The van der Waals surface area contributed by atoms with E-state index in [2.05, 4.69) is 16.4 Å². The molecule has 1 N–H and O–H groups in total. The molecule has 3 amide bonds. The number of anilines is 1. The SMILES string of the molecule is Cc1ccc(-c2ncc(-c3ccc4c(c3)N=C([C@@H]3CCCN3C(=O)[C@@H](c3ccccc3)N(C)C)C4)o2)cc1NC(=O)[C@@H]1CCCN1C(=O)OC(C)(C)C. The van der Waals surface area contributed by atoms with Crippen molar-refractivity contribution in [3.8, 4) is 22.8 Å². The molecule has 3 aromatic carbocycles. The number of carbonyl (C=O) groups excluding carboxylic acids is 3. The minimum Gasteiger partial charge on any atom is -0.444 e. The minimum atomic E-state index is -0.644. The number of hydrogen-bond donors (Lipinski definition) is 1. The van der Waals surface area contributed by atoms with E-state index in [9.17, 15) is 14.4 Å². The van der Waals surface area contributed by atoms with Gasteiger partial charge in [0.05, 0.1) is 17.9 Å². The molecule has 0 radical (unpaired) electrons. The third-order valence-corrected chi connectivity index (χ3v) is 10.2. The molecule has 3 aliphatic rings. The predicted octanol–water partition coefficient (Wildman–Crippen LogP) is 7.58. The number of aryl methyl sites for hydroxylation is 1. The summed E-state index contributed by atoms with van der Waals surface area (Å²) in [7, 11) is 3.91. The van der Waals surface area contributed by atoms with E-state index in [1.54, 1.807) is 6.20 Å². The number of likely N-dealkylation sites (N-methyl/N-ethyl adjacent to an activating group) is 1. The molecule has 3 atom stereocenters. The summed E-state index contributed by atoms with van der Waals surface area (Å²) in [6.07, 6.45) is 5.08. The Morgan fingerprint density at radius 3 is 2.43 bits per heavy atom. The van der Waals surface area contributed by atoms with Crippen molar-refractivity contribution in [2.75, 3.05) is 32.5 Å². The van der Waals surface area contributed by atoms with Crippen molar-refractivity contribution < 1.29 is 23.5 Å². The van der Waals surface area contributed by atoms with Gasteiger partial charge in [-0.15, -0.1) is 0 Å². The molecule has 4 heterocycles. The topological polar surface area (TPSA) is 121 Å². The van der Waals surface area contributed by atoms with Crippen LogP contribution in [-0.4, -0.2) is 88.2 Å². The van der Waals surface area contributed by atoms with E-state index >= 15 is 0 Å². The lowest BCUT2D eigenvalue weighted by Crippen LogP contribution is -2.46. The Morgan fingerprint density at radius 2 is 1.68 bits per heavy atom. The van der Waals surface area contributed by atoms with Crippen LogP contribution in [-0.2, 0) is 20.7 Å². The van der Waals surface area contributed by atoms with Gasteiger partial charge in [0, 0.05) is 42.0 Å². The maximum Gasteiger partial charge on any atom is 0.410 e. The summed E-state index contributed by atoms with van der Waals surface area (Å²) < 4.78 is 11.8. The molecule has 3 aliphatic heterocycles. The van der Waals surface area contributed by atoms with Crippen molar-refractivity contribution in [2.45, 2.75) is 83.5 Å². The average molecular weight is 717 g/mol. The highest BCUT2D eigenvalue weighted by Gasteiger charge is 2.39. The fraction of sp³-hybridized carbons (Fsp3) is 0.405. The number of nitrogens with one attached hydrogen (secondary N) is 1. The molecular formula is C42H48N6O5. The van der Waals surface area contributed by atoms with E-state index in [1.165, 1.54) is 4.90 Å². The Kier molecular flexibility index (Phi) is 9.95. The van der Waals surface area contributed by atoms with Crippen LogP contribution in [0.2, 0.25) is 0 Å². The van der Waals surface area contributed by atoms with Crippen LogP contribution in [0.3, 0.4) is 0 Å². The van der Waals surface area contributed by atoms with E-state index in [4.69, 9.17) is 14.1 Å². The van der Waals surface area contributed by atoms with Gasteiger partial charge in [0.25, 0.3) is 0 Å². The number of amides is 3. The van der Waals surface area contributed by atoms with Gasteiger partial charge in [-0.1, -0.05) is 48.5 Å². The lowest BCUT2D eigenvalue weighted by atomic mass is 10.00. The number of nitrogens with zero attached hydrogens (tertiary/aromatic N) is 5. The van der Waals surface area contributed by atoms with Gasteiger partial charge in [-0.05, 0) is 102 Å². The van der Waals surface area contributed by atoms with Gasteiger partial charge in [-0.2, -0.15) is 0 Å². The van der Waals surface area contributed by atoms with Gasteiger partial charge in [0.15, 0.2) is 5.76 Å². The minimum absolute atomic E-state index is 0.0355. The van der Waals surface area contributed by atoms with Gasteiger partial charge in [0.1, 0.15) is 17.7 Å². The Morgan fingerprint density at radius 1 is 0.943 bits per heavy atom. The van der Waals surface area contributed by atoms with E-state index < -0.39 is 17.7 Å². The summed E-state index contributed by atoms with van der Waals surface area (Å²) in [6, 6.07) is 20.8. The zero-order valence-electron chi connectivity index (χ0n) is 31.4. The summed E-state index contributed by atoms with van der Waals surface area (Å²) in [5.74, 6) is 0.882. The van der Waals surface area contributed by atoms with E-state index in [0.29, 0.717) is 42.3 Å². The van der Waals surface area contributed by atoms with Crippen LogP contribution >= 0.6 is 0 Å². The van der Waals surface area contributed by atoms with E-state index in [-0.39, 0.29) is 23.9 Å². The van der Waals surface area contributed by atoms with Crippen LogP contribution in [0.15, 0.2) is 82.3 Å². The number of carbonyl (C=O) groups is 3. The Hall–Kier alpha value is -5.29. The highest BCUT2D eigenvalue weighted by Crippen LogP contribution is 2.37. The largest absolute Gasteiger partial charge is 0.444 e. The number of hydrogen-bond acceptors (Lipinski definition) is 8. The number of aliphatic imine (C=N–C) groups is 1. The summed E-state index contributed by atoms with van der Waals surface area (Å²) in [6.45, 7) is 8.57. The molecule has 1 aromatic heterocycles. The second-order valence-electron chi connectivity index (χ2n) is 15.5. The van der Waals surface area contributed by atoms with Crippen molar-refractivity contribution in [1.82, 2.24) is 19.7 Å². The van der Waals surface area contributed by atoms with Crippen LogP contribution in [0.5, 0.6) is 0 Å². The van der Waals surface area contributed by atoms with Crippen molar-refractivity contribution in [2.24, 2.45) is 4.99 Å². The maximum absolute atomic E-state index is 14.0. The van der Waals surface area contributed by atoms with Gasteiger partial charge >= 0.3 is 6.09 Å². The van der Waals surface area contributed by atoms with Crippen molar-refractivity contribution >= 4 is 35.0 Å². The van der Waals surface area contributed by atoms with Gasteiger partial charge < -0.3 is 19.4 Å². The third kappa shape index (κ3) is 7.62. The number of aromatic nitrogens is 1. The average Bonchev–Trinajstić information content (AvgIpc) is 3.94. The second-order valence-corrected chi connectivity index (χ2v) is 15.5. The smallest absolute Gasteiger partial charge is 0.410 e. The maximum atomic E-state index is 14.0. The lowest BCUT2D eigenvalue weighted by molar-refractivity contribution is -0.136. The highest BCUT2D eigenvalue weighted by atomic mass is 16.6. The number of fused-ring (bicyclic) bond motifs is 1. The molecule has 4 aromatic rings. The molecule has 0 saturated carbocycles. The summed E-state index contributed by atoms with van der Waals surface area (Å²) >= 11 is 0. The predicted molar refractivity (Wildman–Crippen MR) is 205 cm³/mol. The van der Waals surface area contributed by atoms with Gasteiger partial charge in [-0.3, -0.25) is 24.4 Å². The zero-order chi connectivity index (χ0) is 37.4. The van der Waals surface area contributed by atoms with Crippen LogP contribution in [0.1, 0.15) is 69.2 Å². The number of benzene rings is 3. The van der Waals surface area contributed by atoms with Crippen LogP contribution in [0.25, 0.3) is 22.8 Å². The van der Waals surface area contributed by atoms with Crippen LogP contribution in [0.4, 0.5) is 16.2 Å². The first kappa shape index (κ1) is 36.1. The third-order valence-electron chi connectivity index (χ3n) is 10.2. The molecular weight excluding hydrogens is 668 g/mol. The summed E-state index contributed by atoms with van der Waals surface area (Å²) in [5, 5.41) is 3.03. The normalized spacial score (nSPS) is 19.0. The Labute approximate surface area is 311 Å². The number of oxazole rings is 1. The molecule has 0 bridgehead atoms. The van der Waals surface area contributed by atoms with E-state index in [1.807, 2.05) is 112 Å². The van der Waals surface area contributed by atoms with Crippen molar-refractivity contribution in [1.29, 1.82) is 0 Å². The summed E-state index contributed by atoms with van der Waals surface area (Å²) in [5.41, 5.74) is 6.45. The van der Waals surface area contributed by atoms with Crippen molar-refractivity contribution in [3.63, 3.8) is 0 Å². The quantitative estimate of drug-likeness (QED) is 0.200. The van der Waals surface area contributed by atoms with Crippen LogP contribution in [0, 0.1) is 6.92 Å². The molecule has 276 valence electrons. The van der Waals surface area contributed by atoms with Crippen LogP contribution < -0.4 is 5.32 Å². The molecule has 53 heavy (non-hydrogen) atoms. The highest BCUT2D eigenvalue weighted by molar-refractivity contribution is 6.01.